The zero-order chi connectivity index (χ0) is 12.6. The van der Waals surface area contributed by atoms with Gasteiger partial charge in [0.15, 0.2) is 5.82 Å². The molecule has 0 amide bonds. The highest BCUT2D eigenvalue weighted by atomic mass is 15.2. The third kappa shape index (κ3) is 2.02. The summed E-state index contributed by atoms with van der Waals surface area (Å²) in [4.78, 5) is 0. The number of aromatic amines is 1. The van der Waals surface area contributed by atoms with Crippen molar-refractivity contribution in [1.29, 1.82) is 0 Å². The summed E-state index contributed by atoms with van der Waals surface area (Å²) in [6.45, 7) is 11.9. The van der Waals surface area contributed by atoms with Crippen molar-refractivity contribution in [2.75, 3.05) is 11.9 Å². The predicted octanol–water partition coefficient (Wildman–Crippen LogP) is 3.60. The van der Waals surface area contributed by atoms with Crippen LogP contribution in [-0.4, -0.2) is 16.7 Å². The van der Waals surface area contributed by atoms with Gasteiger partial charge in [0.2, 0.25) is 0 Å². The van der Waals surface area contributed by atoms with E-state index in [1.165, 1.54) is 16.5 Å². The average Bonchev–Trinajstić information content (AvgIpc) is 2.60. The van der Waals surface area contributed by atoms with Crippen molar-refractivity contribution in [2.45, 2.75) is 40.0 Å². The largest absolute Gasteiger partial charge is 0.368 e. The number of aromatic nitrogens is 2. The fourth-order valence-corrected chi connectivity index (χ4v) is 2.48. The number of nitrogens with one attached hydrogen (secondary N) is 2. The Morgan fingerprint density at radius 3 is 2.59 bits per heavy atom. The lowest BCUT2D eigenvalue weighted by Gasteiger charge is -2.23. The van der Waals surface area contributed by atoms with Gasteiger partial charge >= 0.3 is 0 Å². The lowest BCUT2D eigenvalue weighted by atomic mass is 9.82. The van der Waals surface area contributed by atoms with Crippen LogP contribution in [0.2, 0.25) is 0 Å². The summed E-state index contributed by atoms with van der Waals surface area (Å²) >= 11 is 0. The first-order valence-corrected chi connectivity index (χ1v) is 6.17. The van der Waals surface area contributed by atoms with Crippen LogP contribution < -0.4 is 5.32 Å². The Labute approximate surface area is 103 Å². The van der Waals surface area contributed by atoms with Gasteiger partial charge in [-0.05, 0) is 36.5 Å². The van der Waals surface area contributed by atoms with Gasteiger partial charge in [-0.3, -0.25) is 5.10 Å². The van der Waals surface area contributed by atoms with Crippen LogP contribution >= 0.6 is 0 Å². The molecule has 92 valence electrons. The Balaban J connectivity index is 2.78. The lowest BCUT2D eigenvalue weighted by Crippen LogP contribution is -2.14. The van der Waals surface area contributed by atoms with Gasteiger partial charge in [0.25, 0.3) is 0 Å². The molecule has 0 fully saturated rings. The van der Waals surface area contributed by atoms with Gasteiger partial charge in [-0.1, -0.05) is 26.8 Å². The van der Waals surface area contributed by atoms with Gasteiger partial charge in [0, 0.05) is 11.9 Å². The molecule has 1 heterocycles. The smallest absolute Gasteiger partial charge is 0.156 e. The minimum Gasteiger partial charge on any atom is -0.368 e. The second-order valence-electron chi connectivity index (χ2n) is 5.53. The molecule has 0 saturated carbocycles. The van der Waals surface area contributed by atoms with Gasteiger partial charge in [0.1, 0.15) is 0 Å². The summed E-state index contributed by atoms with van der Waals surface area (Å²) in [5.41, 5.74) is 3.93. The monoisotopic (exact) mass is 231 g/mol. The van der Waals surface area contributed by atoms with Gasteiger partial charge in [-0.25, -0.2) is 0 Å². The first-order valence-electron chi connectivity index (χ1n) is 6.17. The summed E-state index contributed by atoms with van der Waals surface area (Å²) in [5, 5.41) is 12.0. The molecular formula is C14H21N3. The number of rotatable bonds is 2. The Kier molecular flexibility index (Phi) is 2.86. The third-order valence-corrected chi connectivity index (χ3v) is 3.03. The van der Waals surface area contributed by atoms with Crippen molar-refractivity contribution in [3.05, 3.63) is 23.3 Å². The molecule has 0 aliphatic rings. The van der Waals surface area contributed by atoms with Crippen LogP contribution in [0, 0.1) is 6.92 Å². The maximum atomic E-state index is 4.36. The van der Waals surface area contributed by atoms with E-state index in [0.717, 1.165) is 17.9 Å². The molecule has 1 aromatic carbocycles. The maximum Gasteiger partial charge on any atom is 0.156 e. The molecule has 3 nitrogen and oxygen atoms in total. The summed E-state index contributed by atoms with van der Waals surface area (Å²) in [6.07, 6.45) is 0. The topological polar surface area (TPSA) is 40.7 Å². The van der Waals surface area contributed by atoms with E-state index in [1.54, 1.807) is 0 Å². The molecule has 3 heteroatoms. The SMILES string of the molecule is CCNc1n[nH]c2ccc(C)c(C(C)(C)C)c12. The molecule has 2 N–H and O–H groups in total. The van der Waals surface area contributed by atoms with E-state index in [0.29, 0.717) is 0 Å². The van der Waals surface area contributed by atoms with Crippen LogP contribution in [-0.2, 0) is 5.41 Å². The van der Waals surface area contributed by atoms with Crippen molar-refractivity contribution < 1.29 is 0 Å². The van der Waals surface area contributed by atoms with E-state index >= 15 is 0 Å². The van der Waals surface area contributed by atoms with E-state index in [1.807, 2.05) is 0 Å². The minimum atomic E-state index is 0.123. The number of aryl methyl sites for hydroxylation is 1. The highest BCUT2D eigenvalue weighted by molar-refractivity contribution is 5.94. The van der Waals surface area contributed by atoms with Gasteiger partial charge < -0.3 is 5.32 Å². The zero-order valence-corrected chi connectivity index (χ0v) is 11.3. The minimum absolute atomic E-state index is 0.123. The second-order valence-corrected chi connectivity index (χ2v) is 5.53. The summed E-state index contributed by atoms with van der Waals surface area (Å²) in [5.74, 6) is 0.969. The van der Waals surface area contributed by atoms with Crippen molar-refractivity contribution in [3.8, 4) is 0 Å². The van der Waals surface area contributed by atoms with Crippen LogP contribution in [0.4, 0.5) is 5.82 Å². The Morgan fingerprint density at radius 2 is 2.00 bits per heavy atom. The molecule has 0 bridgehead atoms. The maximum absolute atomic E-state index is 4.36. The van der Waals surface area contributed by atoms with Gasteiger partial charge in [-0.2, -0.15) is 5.10 Å². The summed E-state index contributed by atoms with van der Waals surface area (Å²) < 4.78 is 0. The highest BCUT2D eigenvalue weighted by Crippen LogP contribution is 2.35. The molecule has 2 rings (SSSR count). The number of nitrogens with zero attached hydrogens (tertiary/aromatic N) is 1. The molecule has 0 aliphatic carbocycles. The van der Waals surface area contributed by atoms with Gasteiger partial charge in [-0.15, -0.1) is 0 Å². The first-order chi connectivity index (χ1) is 7.95. The zero-order valence-electron chi connectivity index (χ0n) is 11.3. The van der Waals surface area contributed by atoms with Crippen molar-refractivity contribution in [2.24, 2.45) is 0 Å². The standard InChI is InChI=1S/C14H21N3/c1-6-15-13-11-10(16-17-13)8-7-9(2)12(11)14(3,4)5/h7-8H,6H2,1-5H3,(H2,15,16,17). The Morgan fingerprint density at radius 1 is 1.29 bits per heavy atom. The lowest BCUT2D eigenvalue weighted by molar-refractivity contribution is 0.592. The fourth-order valence-electron chi connectivity index (χ4n) is 2.48. The molecule has 0 atom stereocenters. The van der Waals surface area contributed by atoms with Crippen LogP contribution in [0.15, 0.2) is 12.1 Å². The van der Waals surface area contributed by atoms with Gasteiger partial charge in [0.05, 0.1) is 5.52 Å². The van der Waals surface area contributed by atoms with E-state index in [9.17, 15) is 0 Å². The number of fused-ring (bicyclic) bond motifs is 1. The number of hydrogen-bond acceptors (Lipinski definition) is 2. The molecule has 1 aromatic heterocycles. The molecular weight excluding hydrogens is 210 g/mol. The fraction of sp³-hybridized carbons (Fsp3) is 0.500. The van der Waals surface area contributed by atoms with Crippen molar-refractivity contribution >= 4 is 16.7 Å². The number of H-pyrrole nitrogens is 1. The van der Waals surface area contributed by atoms with E-state index < -0.39 is 0 Å². The van der Waals surface area contributed by atoms with Crippen LogP contribution in [0.3, 0.4) is 0 Å². The van der Waals surface area contributed by atoms with Crippen LogP contribution in [0.1, 0.15) is 38.8 Å². The van der Waals surface area contributed by atoms with Crippen molar-refractivity contribution in [3.63, 3.8) is 0 Å². The van der Waals surface area contributed by atoms with E-state index in [-0.39, 0.29) is 5.41 Å². The predicted molar refractivity (Wildman–Crippen MR) is 73.7 cm³/mol. The van der Waals surface area contributed by atoms with Crippen LogP contribution in [0.5, 0.6) is 0 Å². The van der Waals surface area contributed by atoms with Crippen LogP contribution in [0.25, 0.3) is 10.9 Å². The Hall–Kier alpha value is -1.51. The van der Waals surface area contributed by atoms with Crippen molar-refractivity contribution in [1.82, 2.24) is 10.2 Å². The number of hydrogen-bond donors (Lipinski definition) is 2. The molecule has 0 radical (unpaired) electrons. The molecule has 0 saturated heterocycles. The normalized spacial score (nSPS) is 12.1. The molecule has 2 aromatic rings. The molecule has 0 spiro atoms. The molecule has 0 unspecified atom stereocenters. The highest BCUT2D eigenvalue weighted by Gasteiger charge is 2.22. The summed E-state index contributed by atoms with van der Waals surface area (Å²) in [6, 6.07) is 4.27. The molecule has 17 heavy (non-hydrogen) atoms. The quantitative estimate of drug-likeness (QED) is 0.829. The van der Waals surface area contributed by atoms with E-state index in [2.05, 4.69) is 62.3 Å². The molecule has 0 aliphatic heterocycles. The number of benzene rings is 1. The average molecular weight is 231 g/mol. The third-order valence-electron chi connectivity index (χ3n) is 3.03. The number of anilines is 1. The first kappa shape index (κ1) is 12.0. The Bertz CT molecular complexity index is 532. The summed E-state index contributed by atoms with van der Waals surface area (Å²) in [7, 11) is 0. The second kappa shape index (κ2) is 4.06. The van der Waals surface area contributed by atoms with E-state index in [4.69, 9.17) is 0 Å².